The predicted molar refractivity (Wildman–Crippen MR) is 107 cm³/mol. The molecule has 0 saturated carbocycles. The summed E-state index contributed by atoms with van der Waals surface area (Å²) in [5.74, 6) is 0.881. The highest BCUT2D eigenvalue weighted by molar-refractivity contribution is 5.87. The monoisotopic (exact) mass is 378 g/mol. The van der Waals surface area contributed by atoms with Crippen LogP contribution in [0.5, 0.6) is 5.75 Å². The van der Waals surface area contributed by atoms with Crippen LogP contribution in [0.25, 0.3) is 0 Å². The fourth-order valence-electron chi connectivity index (χ4n) is 4.07. The van der Waals surface area contributed by atoms with E-state index in [1.165, 1.54) is 0 Å². The maximum absolute atomic E-state index is 12.8. The van der Waals surface area contributed by atoms with Gasteiger partial charge in [0, 0.05) is 6.54 Å². The van der Waals surface area contributed by atoms with Gasteiger partial charge in [-0.3, -0.25) is 14.5 Å². The van der Waals surface area contributed by atoms with Gasteiger partial charge in [-0.05, 0) is 49.4 Å². The summed E-state index contributed by atoms with van der Waals surface area (Å²) in [5.41, 5.74) is 2.23. The van der Waals surface area contributed by atoms with E-state index in [1.807, 2.05) is 59.5 Å². The number of benzene rings is 2. The molecule has 0 radical (unpaired) electrons. The van der Waals surface area contributed by atoms with Gasteiger partial charge in [-0.25, -0.2) is 0 Å². The maximum Gasteiger partial charge on any atom is 0.237 e. The van der Waals surface area contributed by atoms with Crippen LogP contribution in [0.1, 0.15) is 30.4 Å². The number of hydrogen-bond donors (Lipinski definition) is 1. The van der Waals surface area contributed by atoms with Crippen LogP contribution in [0.4, 0.5) is 0 Å². The SMILES string of the molecule is O=C(CN1CCC[C@H]1C(=O)NCc1ccccc1)C1CCc2ccccc2O1. The third kappa shape index (κ3) is 4.25. The Kier molecular flexibility index (Phi) is 5.72. The number of likely N-dealkylation sites (tertiary alicyclic amines) is 1. The summed E-state index contributed by atoms with van der Waals surface area (Å²) in [4.78, 5) is 27.5. The Bertz CT molecular complexity index is 837. The average molecular weight is 378 g/mol. The molecule has 0 aromatic heterocycles. The van der Waals surface area contributed by atoms with Crippen molar-refractivity contribution in [2.24, 2.45) is 0 Å². The van der Waals surface area contributed by atoms with Gasteiger partial charge in [0.15, 0.2) is 11.9 Å². The molecule has 0 spiro atoms. The molecule has 5 heteroatoms. The molecule has 2 heterocycles. The van der Waals surface area contributed by atoms with Crippen molar-refractivity contribution < 1.29 is 14.3 Å². The summed E-state index contributed by atoms with van der Waals surface area (Å²) in [6.45, 7) is 1.56. The molecule has 1 fully saturated rings. The molecule has 1 saturated heterocycles. The molecule has 1 amide bonds. The Hall–Kier alpha value is -2.66. The maximum atomic E-state index is 12.8. The van der Waals surface area contributed by atoms with Gasteiger partial charge in [0.2, 0.25) is 5.91 Å². The molecule has 4 rings (SSSR count). The highest BCUT2D eigenvalue weighted by atomic mass is 16.5. The van der Waals surface area contributed by atoms with Crippen molar-refractivity contribution in [2.75, 3.05) is 13.1 Å². The fraction of sp³-hybridized carbons (Fsp3) is 0.391. The lowest BCUT2D eigenvalue weighted by atomic mass is 9.99. The molecule has 2 aromatic carbocycles. The largest absolute Gasteiger partial charge is 0.482 e. The molecular weight excluding hydrogens is 352 g/mol. The summed E-state index contributed by atoms with van der Waals surface area (Å²) in [7, 11) is 0. The Labute approximate surface area is 165 Å². The van der Waals surface area contributed by atoms with E-state index < -0.39 is 6.10 Å². The number of nitrogens with one attached hydrogen (secondary N) is 1. The van der Waals surface area contributed by atoms with Gasteiger partial charge in [-0.15, -0.1) is 0 Å². The number of nitrogens with zero attached hydrogens (tertiary/aromatic N) is 1. The number of carbonyl (C=O) groups excluding carboxylic acids is 2. The molecule has 2 aliphatic rings. The van der Waals surface area contributed by atoms with Gasteiger partial charge in [-0.1, -0.05) is 48.5 Å². The first-order chi connectivity index (χ1) is 13.7. The Morgan fingerprint density at radius 3 is 2.68 bits per heavy atom. The summed E-state index contributed by atoms with van der Waals surface area (Å²) in [6.07, 6.45) is 2.87. The van der Waals surface area contributed by atoms with Gasteiger partial charge < -0.3 is 10.1 Å². The van der Waals surface area contributed by atoms with Crippen molar-refractivity contribution in [3.05, 3.63) is 65.7 Å². The third-order valence-corrected chi connectivity index (χ3v) is 5.61. The second-order valence-corrected chi connectivity index (χ2v) is 7.55. The Morgan fingerprint density at radius 2 is 1.82 bits per heavy atom. The zero-order chi connectivity index (χ0) is 19.3. The van der Waals surface area contributed by atoms with Crippen LogP contribution < -0.4 is 10.1 Å². The van der Waals surface area contributed by atoms with E-state index in [0.29, 0.717) is 13.0 Å². The first-order valence-electron chi connectivity index (χ1n) is 10.0. The van der Waals surface area contributed by atoms with E-state index in [9.17, 15) is 9.59 Å². The molecular formula is C23H26N2O3. The number of carbonyl (C=O) groups is 2. The second-order valence-electron chi connectivity index (χ2n) is 7.55. The van der Waals surface area contributed by atoms with E-state index >= 15 is 0 Å². The second kappa shape index (κ2) is 8.57. The number of fused-ring (bicyclic) bond motifs is 1. The zero-order valence-electron chi connectivity index (χ0n) is 16.0. The van der Waals surface area contributed by atoms with Gasteiger partial charge in [0.05, 0.1) is 12.6 Å². The first kappa shape index (κ1) is 18.7. The minimum Gasteiger partial charge on any atom is -0.482 e. The van der Waals surface area contributed by atoms with E-state index in [1.54, 1.807) is 0 Å². The summed E-state index contributed by atoms with van der Waals surface area (Å²) >= 11 is 0. The van der Waals surface area contributed by atoms with Crippen LogP contribution in [0.2, 0.25) is 0 Å². The number of ether oxygens (including phenoxy) is 1. The molecule has 1 unspecified atom stereocenters. The highest BCUT2D eigenvalue weighted by Crippen LogP contribution is 2.28. The van der Waals surface area contributed by atoms with Gasteiger partial charge in [0.25, 0.3) is 0 Å². The summed E-state index contributed by atoms with van der Waals surface area (Å²) < 4.78 is 5.93. The van der Waals surface area contributed by atoms with E-state index in [2.05, 4.69) is 5.32 Å². The molecule has 5 nitrogen and oxygen atoms in total. The van der Waals surface area contributed by atoms with Crippen LogP contribution in [-0.4, -0.2) is 41.8 Å². The van der Waals surface area contributed by atoms with E-state index in [-0.39, 0.29) is 24.3 Å². The average Bonchev–Trinajstić information content (AvgIpc) is 3.20. The number of hydrogen-bond acceptors (Lipinski definition) is 4. The third-order valence-electron chi connectivity index (χ3n) is 5.61. The quantitative estimate of drug-likeness (QED) is 0.840. The number of Topliss-reactive ketones (excluding diaryl/α,β-unsaturated/α-hetero) is 1. The molecule has 0 aliphatic carbocycles. The lowest BCUT2D eigenvalue weighted by Gasteiger charge is -2.28. The van der Waals surface area contributed by atoms with Crippen molar-refractivity contribution in [1.82, 2.24) is 10.2 Å². The van der Waals surface area contributed by atoms with Crippen LogP contribution in [0.3, 0.4) is 0 Å². The highest BCUT2D eigenvalue weighted by Gasteiger charge is 2.34. The van der Waals surface area contributed by atoms with E-state index in [0.717, 1.165) is 42.7 Å². The van der Waals surface area contributed by atoms with Gasteiger partial charge in [0.1, 0.15) is 5.75 Å². The van der Waals surface area contributed by atoms with Crippen LogP contribution in [0.15, 0.2) is 54.6 Å². The smallest absolute Gasteiger partial charge is 0.237 e. The Balaban J connectivity index is 1.32. The number of amides is 1. The lowest BCUT2D eigenvalue weighted by molar-refractivity contribution is -0.130. The predicted octanol–water partition coefficient (Wildman–Crippen LogP) is 2.73. The molecule has 2 aliphatic heterocycles. The van der Waals surface area contributed by atoms with Crippen molar-refractivity contribution in [3.8, 4) is 5.75 Å². The first-order valence-corrected chi connectivity index (χ1v) is 10.0. The van der Waals surface area contributed by atoms with Crippen LogP contribution in [-0.2, 0) is 22.6 Å². The topological polar surface area (TPSA) is 58.6 Å². The van der Waals surface area contributed by atoms with Crippen LogP contribution in [0, 0.1) is 0 Å². The minimum atomic E-state index is -0.413. The molecule has 0 bridgehead atoms. The number of para-hydroxylation sites is 1. The number of ketones is 1. The van der Waals surface area contributed by atoms with Crippen molar-refractivity contribution in [3.63, 3.8) is 0 Å². The lowest BCUT2D eigenvalue weighted by Crippen LogP contribution is -2.47. The van der Waals surface area contributed by atoms with E-state index in [4.69, 9.17) is 4.74 Å². The van der Waals surface area contributed by atoms with Crippen molar-refractivity contribution in [1.29, 1.82) is 0 Å². The molecule has 2 atom stereocenters. The summed E-state index contributed by atoms with van der Waals surface area (Å²) in [6, 6.07) is 17.5. The standard InChI is InChI=1S/C23H26N2O3/c26-20(22-13-12-18-9-4-5-11-21(18)28-22)16-25-14-6-10-19(25)23(27)24-15-17-7-2-1-3-8-17/h1-5,7-9,11,19,22H,6,10,12-16H2,(H,24,27)/t19-,22?/m0/s1. The molecule has 1 N–H and O–H groups in total. The molecule has 2 aromatic rings. The number of aryl methyl sites for hydroxylation is 1. The van der Waals surface area contributed by atoms with Crippen LogP contribution >= 0.6 is 0 Å². The normalized spacial score (nSPS) is 21.6. The van der Waals surface area contributed by atoms with Crippen molar-refractivity contribution >= 4 is 11.7 Å². The summed E-state index contributed by atoms with van der Waals surface area (Å²) in [5, 5.41) is 3.01. The fourth-order valence-corrected chi connectivity index (χ4v) is 4.07. The van der Waals surface area contributed by atoms with Gasteiger partial charge >= 0.3 is 0 Å². The Morgan fingerprint density at radius 1 is 1.04 bits per heavy atom. The minimum absolute atomic E-state index is 0.00376. The molecule has 146 valence electrons. The number of rotatable bonds is 6. The molecule has 28 heavy (non-hydrogen) atoms. The van der Waals surface area contributed by atoms with Crippen molar-refractivity contribution in [2.45, 2.75) is 44.4 Å². The van der Waals surface area contributed by atoms with Gasteiger partial charge in [-0.2, -0.15) is 0 Å². The zero-order valence-corrected chi connectivity index (χ0v) is 16.0.